The summed E-state index contributed by atoms with van der Waals surface area (Å²) in [6, 6.07) is 5.19. The van der Waals surface area contributed by atoms with Crippen LogP contribution in [0, 0.1) is 0 Å². The first-order valence-corrected chi connectivity index (χ1v) is 9.87. The Labute approximate surface area is 167 Å². The van der Waals surface area contributed by atoms with E-state index in [0.717, 1.165) is 32.3 Å². The van der Waals surface area contributed by atoms with Crippen LogP contribution >= 0.6 is 0 Å². The zero-order valence-corrected chi connectivity index (χ0v) is 17.4. The van der Waals surface area contributed by atoms with Crippen molar-refractivity contribution in [2.75, 3.05) is 45.9 Å². The molecule has 1 fully saturated rings. The number of piperazine rings is 1. The number of ether oxygens (including phenoxy) is 3. The topological polar surface area (TPSA) is 68.3 Å². The number of amides is 1. The number of carbonyl (C=O) groups excluding carboxylic acids is 2. The lowest BCUT2D eigenvalue weighted by molar-refractivity contribution is 0.0142. The van der Waals surface area contributed by atoms with Crippen molar-refractivity contribution in [1.82, 2.24) is 9.80 Å². The summed E-state index contributed by atoms with van der Waals surface area (Å²) >= 11 is 0. The van der Waals surface area contributed by atoms with Gasteiger partial charge in [0.05, 0.1) is 13.2 Å². The number of rotatable bonds is 8. The second kappa shape index (κ2) is 10.3. The molecule has 1 saturated heterocycles. The standard InChI is InChI=1S/C21H32N2O5/c1-5-26-19-15-17(16-24)7-8-18(19)27-14-6-9-22-10-12-23(13-11-22)20(25)28-21(2,3)4/h7-8,15-16H,5-6,9-14H2,1-4H3. The molecule has 156 valence electrons. The number of carbonyl (C=O) groups is 2. The molecule has 2 rings (SSSR count). The molecule has 7 nitrogen and oxygen atoms in total. The second-order valence-electron chi connectivity index (χ2n) is 7.77. The lowest BCUT2D eigenvalue weighted by atomic mass is 10.2. The Balaban J connectivity index is 1.71. The molecule has 1 heterocycles. The Kier molecular flexibility index (Phi) is 8.11. The number of hydrogen-bond donors (Lipinski definition) is 0. The summed E-state index contributed by atoms with van der Waals surface area (Å²) in [5, 5.41) is 0. The third-order valence-electron chi connectivity index (χ3n) is 4.30. The highest BCUT2D eigenvalue weighted by Gasteiger charge is 2.25. The predicted molar refractivity (Wildman–Crippen MR) is 107 cm³/mol. The molecule has 0 spiro atoms. The zero-order valence-electron chi connectivity index (χ0n) is 17.4. The quantitative estimate of drug-likeness (QED) is 0.500. The molecule has 0 N–H and O–H groups in total. The van der Waals surface area contributed by atoms with Crippen molar-refractivity contribution in [1.29, 1.82) is 0 Å². The van der Waals surface area contributed by atoms with E-state index < -0.39 is 5.60 Å². The van der Waals surface area contributed by atoms with E-state index in [-0.39, 0.29) is 6.09 Å². The fraction of sp³-hybridized carbons (Fsp3) is 0.619. The van der Waals surface area contributed by atoms with Crippen molar-refractivity contribution in [2.45, 2.75) is 39.7 Å². The van der Waals surface area contributed by atoms with Crippen molar-refractivity contribution in [3.63, 3.8) is 0 Å². The molecule has 1 aromatic carbocycles. The Hall–Kier alpha value is -2.28. The molecule has 1 aromatic rings. The summed E-state index contributed by atoms with van der Waals surface area (Å²) < 4.78 is 16.8. The van der Waals surface area contributed by atoms with Gasteiger partial charge in [-0.05, 0) is 52.3 Å². The monoisotopic (exact) mass is 392 g/mol. The fourth-order valence-corrected chi connectivity index (χ4v) is 2.94. The van der Waals surface area contributed by atoms with E-state index in [4.69, 9.17) is 14.2 Å². The van der Waals surface area contributed by atoms with E-state index >= 15 is 0 Å². The first-order valence-electron chi connectivity index (χ1n) is 9.87. The van der Waals surface area contributed by atoms with Crippen molar-refractivity contribution >= 4 is 12.4 Å². The van der Waals surface area contributed by atoms with Crippen LogP contribution in [0.3, 0.4) is 0 Å². The average molecular weight is 392 g/mol. The van der Waals surface area contributed by atoms with E-state index in [1.165, 1.54) is 0 Å². The molecule has 0 bridgehead atoms. The maximum absolute atomic E-state index is 12.1. The van der Waals surface area contributed by atoms with Gasteiger partial charge in [-0.3, -0.25) is 9.69 Å². The van der Waals surface area contributed by atoms with Gasteiger partial charge in [-0.2, -0.15) is 0 Å². The van der Waals surface area contributed by atoms with Crippen LogP contribution in [0.2, 0.25) is 0 Å². The first kappa shape index (κ1) is 22.0. The molecule has 0 radical (unpaired) electrons. The Bertz CT molecular complexity index is 649. The second-order valence-corrected chi connectivity index (χ2v) is 7.77. The molecule has 0 aliphatic carbocycles. The van der Waals surface area contributed by atoms with E-state index in [2.05, 4.69) is 4.90 Å². The summed E-state index contributed by atoms with van der Waals surface area (Å²) in [6.45, 7) is 12.5. The molecule has 0 atom stereocenters. The van der Waals surface area contributed by atoms with Crippen LogP contribution in [0.4, 0.5) is 4.79 Å². The normalized spacial score (nSPS) is 15.2. The Morgan fingerprint density at radius 3 is 2.43 bits per heavy atom. The van der Waals surface area contributed by atoms with E-state index in [9.17, 15) is 9.59 Å². The summed E-state index contributed by atoms with van der Waals surface area (Å²) in [5.74, 6) is 1.25. The van der Waals surface area contributed by atoms with E-state index in [0.29, 0.717) is 43.4 Å². The molecular weight excluding hydrogens is 360 g/mol. The molecule has 1 aliphatic rings. The van der Waals surface area contributed by atoms with Crippen LogP contribution in [-0.2, 0) is 4.74 Å². The number of aldehydes is 1. The van der Waals surface area contributed by atoms with Gasteiger partial charge in [-0.1, -0.05) is 0 Å². The molecule has 28 heavy (non-hydrogen) atoms. The summed E-state index contributed by atoms with van der Waals surface area (Å²) in [5.41, 5.74) is 0.106. The van der Waals surface area contributed by atoms with Crippen molar-refractivity contribution in [3.05, 3.63) is 23.8 Å². The SMILES string of the molecule is CCOc1cc(C=O)ccc1OCCCN1CCN(C(=O)OC(C)(C)C)CC1. The minimum absolute atomic E-state index is 0.238. The lowest BCUT2D eigenvalue weighted by Crippen LogP contribution is -2.50. The maximum atomic E-state index is 12.1. The van der Waals surface area contributed by atoms with E-state index in [1.54, 1.807) is 23.1 Å². The largest absolute Gasteiger partial charge is 0.490 e. The van der Waals surface area contributed by atoms with Crippen molar-refractivity contribution in [3.8, 4) is 11.5 Å². The van der Waals surface area contributed by atoms with Crippen LogP contribution in [0.5, 0.6) is 11.5 Å². The summed E-state index contributed by atoms with van der Waals surface area (Å²) in [6.07, 6.45) is 1.43. The van der Waals surface area contributed by atoms with Gasteiger partial charge >= 0.3 is 6.09 Å². The minimum Gasteiger partial charge on any atom is -0.490 e. The number of nitrogens with zero attached hydrogens (tertiary/aromatic N) is 2. The summed E-state index contributed by atoms with van der Waals surface area (Å²) in [7, 11) is 0. The van der Waals surface area contributed by atoms with Gasteiger partial charge in [-0.25, -0.2) is 4.79 Å². The van der Waals surface area contributed by atoms with Crippen molar-refractivity contribution in [2.24, 2.45) is 0 Å². The highest BCUT2D eigenvalue weighted by molar-refractivity contribution is 5.76. The van der Waals surface area contributed by atoms with Gasteiger partial charge in [0.1, 0.15) is 11.9 Å². The first-order chi connectivity index (χ1) is 13.3. The highest BCUT2D eigenvalue weighted by Crippen LogP contribution is 2.28. The van der Waals surface area contributed by atoms with Gasteiger partial charge < -0.3 is 19.1 Å². The van der Waals surface area contributed by atoms with Gasteiger partial charge in [0.15, 0.2) is 11.5 Å². The minimum atomic E-state index is -0.462. The van der Waals surface area contributed by atoms with Gasteiger partial charge in [0.25, 0.3) is 0 Å². The van der Waals surface area contributed by atoms with Crippen LogP contribution in [0.1, 0.15) is 44.5 Å². The zero-order chi connectivity index (χ0) is 20.6. The van der Waals surface area contributed by atoms with E-state index in [1.807, 2.05) is 27.7 Å². The molecule has 0 saturated carbocycles. The number of benzene rings is 1. The molecule has 0 aromatic heterocycles. The van der Waals surface area contributed by atoms with Crippen LogP contribution in [-0.4, -0.2) is 73.7 Å². The van der Waals surface area contributed by atoms with Crippen LogP contribution in [0.15, 0.2) is 18.2 Å². The lowest BCUT2D eigenvalue weighted by Gasteiger charge is -2.35. The number of hydrogen-bond acceptors (Lipinski definition) is 6. The van der Waals surface area contributed by atoms with Gasteiger partial charge in [0, 0.05) is 38.3 Å². The smallest absolute Gasteiger partial charge is 0.410 e. The Morgan fingerprint density at radius 1 is 1.11 bits per heavy atom. The maximum Gasteiger partial charge on any atom is 0.410 e. The predicted octanol–water partition coefficient (Wildman–Crippen LogP) is 3.22. The molecule has 7 heteroatoms. The fourth-order valence-electron chi connectivity index (χ4n) is 2.94. The molecule has 1 aliphatic heterocycles. The molecule has 1 amide bonds. The summed E-state index contributed by atoms with van der Waals surface area (Å²) in [4.78, 5) is 27.1. The highest BCUT2D eigenvalue weighted by atomic mass is 16.6. The Morgan fingerprint density at radius 2 is 1.82 bits per heavy atom. The van der Waals surface area contributed by atoms with Crippen molar-refractivity contribution < 1.29 is 23.8 Å². The third kappa shape index (κ3) is 7.03. The average Bonchev–Trinajstić information content (AvgIpc) is 2.65. The van der Waals surface area contributed by atoms with Gasteiger partial charge in [-0.15, -0.1) is 0 Å². The van der Waals surface area contributed by atoms with Crippen LogP contribution < -0.4 is 9.47 Å². The van der Waals surface area contributed by atoms with Crippen LogP contribution in [0.25, 0.3) is 0 Å². The molecule has 0 unspecified atom stereocenters. The molecular formula is C21H32N2O5. The van der Waals surface area contributed by atoms with Gasteiger partial charge in [0.2, 0.25) is 0 Å². The third-order valence-corrected chi connectivity index (χ3v) is 4.30.